The zero-order valence-corrected chi connectivity index (χ0v) is 15.5. The van der Waals surface area contributed by atoms with Gasteiger partial charge in [-0.2, -0.15) is 0 Å². The molecule has 0 amide bonds. The number of carboxylic acid groups (broad SMARTS) is 2. The van der Waals surface area contributed by atoms with Crippen molar-refractivity contribution in [2.75, 3.05) is 11.5 Å². The lowest BCUT2D eigenvalue weighted by molar-refractivity contribution is 0.0686. The van der Waals surface area contributed by atoms with Gasteiger partial charge in [0.2, 0.25) is 0 Å². The molecule has 6 nitrogen and oxygen atoms in total. The largest absolute Gasteiger partial charge is 0.478 e. The number of hydrogen-bond acceptors (Lipinski definition) is 6. The molecule has 8 heteroatoms. The number of rotatable bonds is 9. The van der Waals surface area contributed by atoms with Crippen LogP contribution in [0.5, 0.6) is 0 Å². The summed E-state index contributed by atoms with van der Waals surface area (Å²) in [6.45, 7) is 0. The molecule has 138 valence electrons. The number of hydrogen-bond donors (Lipinski definition) is 4. The molecule has 2 aromatic rings. The Kier molecular flexibility index (Phi) is 7.52. The SMILES string of the molecule is NC(CSSCC(N)c1ccc(C(=O)O)cc1)c1ccc(C(=O)O)cc1. The van der Waals surface area contributed by atoms with Gasteiger partial charge in [-0.25, -0.2) is 9.59 Å². The van der Waals surface area contributed by atoms with E-state index in [-0.39, 0.29) is 23.2 Å². The van der Waals surface area contributed by atoms with Crippen molar-refractivity contribution in [3.05, 3.63) is 70.8 Å². The van der Waals surface area contributed by atoms with E-state index < -0.39 is 11.9 Å². The second kappa shape index (κ2) is 9.63. The van der Waals surface area contributed by atoms with Gasteiger partial charge >= 0.3 is 11.9 Å². The van der Waals surface area contributed by atoms with Crippen LogP contribution in [0.4, 0.5) is 0 Å². The van der Waals surface area contributed by atoms with Crippen LogP contribution in [0.2, 0.25) is 0 Å². The standard InChI is InChI=1S/C18H20N2O4S2/c19-15(11-1-5-13(6-2-11)17(21)22)9-25-26-10-16(20)12-3-7-14(8-4-12)18(23)24/h1-8,15-16H,9-10,19-20H2,(H,21,22)(H,23,24). The molecule has 0 heterocycles. The average molecular weight is 393 g/mol. The van der Waals surface area contributed by atoms with E-state index in [4.69, 9.17) is 21.7 Å². The quantitative estimate of drug-likeness (QED) is 0.379. The molecule has 2 atom stereocenters. The van der Waals surface area contributed by atoms with Crippen LogP contribution in [0.15, 0.2) is 48.5 Å². The fourth-order valence-corrected chi connectivity index (χ4v) is 4.51. The molecule has 0 bridgehead atoms. The van der Waals surface area contributed by atoms with E-state index in [1.54, 1.807) is 70.1 Å². The number of nitrogens with two attached hydrogens (primary N) is 2. The lowest BCUT2D eigenvalue weighted by Gasteiger charge is -2.14. The summed E-state index contributed by atoms with van der Waals surface area (Å²) >= 11 is 0. The summed E-state index contributed by atoms with van der Waals surface area (Å²) in [6.07, 6.45) is 0. The monoisotopic (exact) mass is 392 g/mol. The summed E-state index contributed by atoms with van der Waals surface area (Å²) < 4.78 is 0. The Morgan fingerprint density at radius 1 is 0.731 bits per heavy atom. The van der Waals surface area contributed by atoms with Gasteiger partial charge in [-0.15, -0.1) is 0 Å². The van der Waals surface area contributed by atoms with Crippen molar-refractivity contribution in [3.8, 4) is 0 Å². The van der Waals surface area contributed by atoms with E-state index >= 15 is 0 Å². The molecule has 2 aromatic carbocycles. The topological polar surface area (TPSA) is 127 Å². The molecule has 0 saturated heterocycles. The minimum atomic E-state index is -0.958. The molecule has 6 N–H and O–H groups in total. The normalized spacial score (nSPS) is 13.2. The van der Waals surface area contributed by atoms with Crippen molar-refractivity contribution in [1.82, 2.24) is 0 Å². The van der Waals surface area contributed by atoms with E-state index in [1.807, 2.05) is 0 Å². The molecule has 0 aliphatic heterocycles. The van der Waals surface area contributed by atoms with Crippen LogP contribution in [-0.2, 0) is 0 Å². The molecule has 2 rings (SSSR count). The highest BCUT2D eigenvalue weighted by Crippen LogP contribution is 2.29. The van der Waals surface area contributed by atoms with Crippen molar-refractivity contribution in [2.45, 2.75) is 12.1 Å². The maximum Gasteiger partial charge on any atom is 0.335 e. The van der Waals surface area contributed by atoms with Gasteiger partial charge in [0, 0.05) is 23.6 Å². The maximum atomic E-state index is 10.8. The first-order valence-electron chi connectivity index (χ1n) is 7.80. The van der Waals surface area contributed by atoms with Crippen molar-refractivity contribution < 1.29 is 19.8 Å². The number of benzene rings is 2. The van der Waals surface area contributed by atoms with Crippen LogP contribution in [0, 0.1) is 0 Å². The van der Waals surface area contributed by atoms with Crippen molar-refractivity contribution >= 4 is 33.5 Å². The molecule has 26 heavy (non-hydrogen) atoms. The van der Waals surface area contributed by atoms with Crippen molar-refractivity contribution in [2.24, 2.45) is 11.5 Å². The maximum absolute atomic E-state index is 10.8. The van der Waals surface area contributed by atoms with Gasteiger partial charge in [-0.3, -0.25) is 0 Å². The van der Waals surface area contributed by atoms with Crippen LogP contribution in [0.25, 0.3) is 0 Å². The number of carboxylic acids is 2. The van der Waals surface area contributed by atoms with E-state index in [0.29, 0.717) is 11.5 Å². The third kappa shape index (κ3) is 5.77. The first-order valence-corrected chi connectivity index (χ1v) is 10.3. The fraction of sp³-hybridized carbons (Fsp3) is 0.222. The third-order valence-corrected chi connectivity index (χ3v) is 6.22. The summed E-state index contributed by atoms with van der Waals surface area (Å²) in [7, 11) is 3.20. The zero-order chi connectivity index (χ0) is 19.1. The minimum Gasteiger partial charge on any atom is -0.478 e. The second-order valence-corrected chi connectivity index (χ2v) is 8.19. The Morgan fingerprint density at radius 3 is 1.31 bits per heavy atom. The highest BCUT2D eigenvalue weighted by atomic mass is 33.1. The highest BCUT2D eigenvalue weighted by Gasteiger charge is 2.11. The smallest absolute Gasteiger partial charge is 0.335 e. The lowest BCUT2D eigenvalue weighted by atomic mass is 10.1. The molecule has 2 unspecified atom stereocenters. The molecule has 0 spiro atoms. The lowest BCUT2D eigenvalue weighted by Crippen LogP contribution is -2.14. The van der Waals surface area contributed by atoms with Gasteiger partial charge in [-0.05, 0) is 35.4 Å². The zero-order valence-electron chi connectivity index (χ0n) is 13.9. The summed E-state index contributed by atoms with van der Waals surface area (Å²) in [5.74, 6) is -0.579. The Morgan fingerprint density at radius 2 is 1.04 bits per heavy atom. The van der Waals surface area contributed by atoms with Gasteiger partial charge in [0.05, 0.1) is 11.1 Å². The highest BCUT2D eigenvalue weighted by molar-refractivity contribution is 8.76. The first kappa shape index (κ1) is 20.3. The van der Waals surface area contributed by atoms with Crippen molar-refractivity contribution in [1.29, 1.82) is 0 Å². The van der Waals surface area contributed by atoms with Gasteiger partial charge < -0.3 is 21.7 Å². The van der Waals surface area contributed by atoms with Crippen LogP contribution in [-0.4, -0.2) is 33.7 Å². The summed E-state index contributed by atoms with van der Waals surface area (Å²) in [6, 6.07) is 12.7. The first-order chi connectivity index (χ1) is 12.4. The van der Waals surface area contributed by atoms with Crippen molar-refractivity contribution in [3.63, 3.8) is 0 Å². The van der Waals surface area contributed by atoms with E-state index in [2.05, 4.69) is 0 Å². The molecule has 0 aromatic heterocycles. The molecule has 0 aliphatic rings. The predicted octanol–water partition coefficient (Wildman–Crippen LogP) is 3.16. The Bertz CT molecular complexity index is 685. The van der Waals surface area contributed by atoms with Gasteiger partial charge in [0.25, 0.3) is 0 Å². The molecule has 0 aliphatic carbocycles. The fourth-order valence-electron chi connectivity index (χ4n) is 2.18. The van der Waals surface area contributed by atoms with E-state index in [9.17, 15) is 9.59 Å². The van der Waals surface area contributed by atoms with Gasteiger partial charge in [0.1, 0.15) is 0 Å². The number of aromatic carboxylic acids is 2. The number of carbonyl (C=O) groups is 2. The van der Waals surface area contributed by atoms with Crippen LogP contribution in [0.3, 0.4) is 0 Å². The van der Waals surface area contributed by atoms with Crippen LogP contribution >= 0.6 is 21.6 Å². The summed E-state index contributed by atoms with van der Waals surface area (Å²) in [5, 5.41) is 17.8. The van der Waals surface area contributed by atoms with Crippen LogP contribution < -0.4 is 11.5 Å². The minimum absolute atomic E-state index is 0.193. The third-order valence-electron chi connectivity index (χ3n) is 3.75. The second-order valence-electron chi connectivity index (χ2n) is 5.64. The molecule has 0 saturated carbocycles. The van der Waals surface area contributed by atoms with E-state index in [0.717, 1.165) is 11.1 Å². The van der Waals surface area contributed by atoms with Gasteiger partial charge in [0.15, 0.2) is 0 Å². The molecular formula is C18H20N2O4S2. The predicted molar refractivity (Wildman–Crippen MR) is 106 cm³/mol. The summed E-state index contributed by atoms with van der Waals surface area (Å²) in [4.78, 5) is 21.7. The Labute approximate surface area is 159 Å². The van der Waals surface area contributed by atoms with E-state index in [1.165, 1.54) is 0 Å². The molecule has 0 fully saturated rings. The molecular weight excluding hydrogens is 372 g/mol. The van der Waals surface area contributed by atoms with Crippen LogP contribution in [0.1, 0.15) is 43.9 Å². The molecule has 0 radical (unpaired) electrons. The van der Waals surface area contributed by atoms with Gasteiger partial charge in [-0.1, -0.05) is 45.9 Å². The Hall–Kier alpha value is -2.00. The Balaban J connectivity index is 1.76. The summed E-state index contributed by atoms with van der Waals surface area (Å²) in [5.41, 5.74) is 14.5. The average Bonchev–Trinajstić information content (AvgIpc) is 2.65.